The number of hydrogen-bond donors (Lipinski definition) is 1. The van der Waals surface area contributed by atoms with Gasteiger partial charge in [-0.25, -0.2) is 4.79 Å². The number of alkyl halides is 4. The Hall–Kier alpha value is 0.400. The van der Waals surface area contributed by atoms with Crippen LogP contribution in [0.25, 0.3) is 0 Å². The number of nitrogens with two attached hydrogens (primary N) is 1. The minimum atomic E-state index is -1.76. The van der Waals surface area contributed by atoms with Gasteiger partial charge in [0.1, 0.15) is 24.1 Å². The first-order valence-electron chi connectivity index (χ1n) is 5.82. The molecule has 0 aliphatic carbocycles. The number of carbonyl (C=O) groups is 2. The quantitative estimate of drug-likeness (QED) is 0.394. The Labute approximate surface area is 147 Å². The minimum absolute atomic E-state index is 0.229. The molecule has 0 radical (unpaired) electrons. The third-order valence-corrected chi connectivity index (χ3v) is 7.63. The van der Waals surface area contributed by atoms with Gasteiger partial charge in [-0.1, -0.05) is 50.7 Å². The second-order valence-electron chi connectivity index (χ2n) is 5.03. The third-order valence-electron chi connectivity index (χ3n) is 3.52. The topological polar surface area (TPSA) is 89.7 Å². The van der Waals surface area contributed by atoms with Crippen LogP contribution in [-0.2, 0) is 25.1 Å². The van der Waals surface area contributed by atoms with Gasteiger partial charge in [0.25, 0.3) is 0 Å². The molecule has 2 saturated heterocycles. The third kappa shape index (κ3) is 2.83. The number of rotatable bonds is 3. The largest absolute Gasteiger partial charge is 0.460 e. The van der Waals surface area contributed by atoms with Crippen LogP contribution in [0.4, 0.5) is 0 Å². The van der Waals surface area contributed by atoms with Gasteiger partial charge >= 0.3 is 5.97 Å². The van der Waals surface area contributed by atoms with E-state index in [0.29, 0.717) is 0 Å². The number of fused-ring (bicyclic) bond motifs is 1. The Kier molecular flexibility index (Phi) is 4.90. The molecule has 1 amide bonds. The number of esters is 1. The first kappa shape index (κ1) is 17.7. The number of nitrogens with zero attached hydrogens (tertiary/aromatic N) is 1. The summed E-state index contributed by atoms with van der Waals surface area (Å²) in [5.41, 5.74) is 5.66. The fraction of sp³-hybridized carbons (Fsp3) is 0.800. The standard InChI is InChI=1S/C10H12BrCl3N2O4S/c1-9(2-11)5(8(18)20-3-10(12,13)14)16-6(17)4(15)7(16)21(9)19/h4-5,7H,2-3,15H2,1H3/t4?,5?,7-,9?,21?/m0/s1. The molecular formula is C10H12BrCl3N2O4S. The molecule has 120 valence electrons. The van der Waals surface area contributed by atoms with E-state index in [0.717, 1.165) is 0 Å². The lowest BCUT2D eigenvalue weighted by molar-refractivity contribution is -0.162. The molecule has 2 heterocycles. The normalized spacial score (nSPS) is 39.0. The molecule has 2 fully saturated rings. The molecule has 0 aromatic rings. The number of hydrogen-bond acceptors (Lipinski definition) is 5. The Bertz CT molecular complexity index is 517. The van der Waals surface area contributed by atoms with Crippen molar-refractivity contribution >= 4 is 73.4 Å². The van der Waals surface area contributed by atoms with E-state index in [2.05, 4.69) is 15.9 Å². The maximum absolute atomic E-state index is 12.5. The van der Waals surface area contributed by atoms with Crippen LogP contribution in [0.5, 0.6) is 0 Å². The summed E-state index contributed by atoms with van der Waals surface area (Å²) in [4.78, 5) is 25.4. The summed E-state index contributed by atoms with van der Waals surface area (Å²) in [6.07, 6.45) is 0. The average molecular weight is 443 g/mol. The van der Waals surface area contributed by atoms with E-state index in [4.69, 9.17) is 45.3 Å². The Morgan fingerprint density at radius 1 is 1.57 bits per heavy atom. The Morgan fingerprint density at radius 2 is 2.14 bits per heavy atom. The first-order valence-corrected chi connectivity index (χ1v) is 9.29. The van der Waals surface area contributed by atoms with E-state index < -0.39 is 55.3 Å². The van der Waals surface area contributed by atoms with Crippen molar-refractivity contribution < 1.29 is 18.5 Å². The van der Waals surface area contributed by atoms with E-state index >= 15 is 0 Å². The molecule has 11 heteroatoms. The summed E-state index contributed by atoms with van der Waals surface area (Å²) in [5.74, 6) is -1.20. The molecule has 0 saturated carbocycles. The van der Waals surface area contributed by atoms with Gasteiger partial charge < -0.3 is 15.4 Å². The number of amides is 1. The number of β-lactam (4-membered cyclic amide) rings is 1. The summed E-state index contributed by atoms with van der Waals surface area (Å²) in [6, 6.07) is -1.89. The van der Waals surface area contributed by atoms with Crippen LogP contribution in [0.15, 0.2) is 0 Å². The number of halogens is 4. The lowest BCUT2D eigenvalue weighted by Crippen LogP contribution is -2.69. The second-order valence-corrected chi connectivity index (χ2v) is 10.1. The van der Waals surface area contributed by atoms with Crippen LogP contribution in [0.3, 0.4) is 0 Å². The van der Waals surface area contributed by atoms with E-state index in [1.54, 1.807) is 6.92 Å². The van der Waals surface area contributed by atoms with Crippen LogP contribution in [0, 0.1) is 0 Å². The zero-order chi connectivity index (χ0) is 16.2. The smallest absolute Gasteiger partial charge is 0.330 e. The molecular weight excluding hydrogens is 430 g/mol. The van der Waals surface area contributed by atoms with Crippen molar-refractivity contribution in [2.75, 3.05) is 11.9 Å². The van der Waals surface area contributed by atoms with Gasteiger partial charge in [0.15, 0.2) is 0 Å². The maximum Gasteiger partial charge on any atom is 0.330 e. The Morgan fingerprint density at radius 3 is 2.62 bits per heavy atom. The van der Waals surface area contributed by atoms with Crippen LogP contribution in [0.1, 0.15) is 6.92 Å². The molecule has 2 aliphatic rings. The van der Waals surface area contributed by atoms with Gasteiger partial charge in [0, 0.05) is 5.33 Å². The van der Waals surface area contributed by atoms with E-state index in [-0.39, 0.29) is 5.33 Å². The van der Waals surface area contributed by atoms with Crippen molar-refractivity contribution in [3.05, 3.63) is 0 Å². The SMILES string of the molecule is CC1(CBr)C(C(=O)OCC(Cl)(Cl)Cl)N2C(=O)C(N)[C@@H]2S1=O. The van der Waals surface area contributed by atoms with E-state index in [1.165, 1.54) is 4.90 Å². The fourth-order valence-electron chi connectivity index (χ4n) is 2.42. The van der Waals surface area contributed by atoms with Gasteiger partial charge in [-0.3, -0.25) is 9.00 Å². The van der Waals surface area contributed by atoms with Gasteiger partial charge in [-0.05, 0) is 6.92 Å². The van der Waals surface area contributed by atoms with Gasteiger partial charge in [-0.15, -0.1) is 0 Å². The predicted molar refractivity (Wildman–Crippen MR) is 84.0 cm³/mol. The first-order chi connectivity index (χ1) is 9.54. The van der Waals surface area contributed by atoms with Gasteiger partial charge in [-0.2, -0.15) is 0 Å². The zero-order valence-electron chi connectivity index (χ0n) is 10.7. The van der Waals surface area contributed by atoms with Crippen molar-refractivity contribution in [1.82, 2.24) is 4.90 Å². The second kappa shape index (κ2) is 5.79. The summed E-state index contributed by atoms with van der Waals surface area (Å²) < 4.78 is 14.7. The van der Waals surface area contributed by atoms with Crippen LogP contribution in [0.2, 0.25) is 0 Å². The Balaban J connectivity index is 2.25. The highest BCUT2D eigenvalue weighted by molar-refractivity contribution is 9.09. The highest BCUT2D eigenvalue weighted by Gasteiger charge is 2.68. The van der Waals surface area contributed by atoms with Gasteiger partial charge in [0.2, 0.25) is 9.70 Å². The van der Waals surface area contributed by atoms with Crippen LogP contribution >= 0.6 is 50.7 Å². The minimum Gasteiger partial charge on any atom is -0.460 e. The lowest BCUT2D eigenvalue weighted by atomic mass is 9.96. The van der Waals surface area contributed by atoms with E-state index in [1.807, 2.05) is 0 Å². The molecule has 0 aromatic carbocycles. The fourth-order valence-corrected chi connectivity index (χ4v) is 5.47. The monoisotopic (exact) mass is 440 g/mol. The lowest BCUT2D eigenvalue weighted by Gasteiger charge is -2.41. The molecule has 2 aliphatic heterocycles. The van der Waals surface area contributed by atoms with Crippen molar-refractivity contribution in [2.24, 2.45) is 5.73 Å². The summed E-state index contributed by atoms with van der Waals surface area (Å²) in [6.45, 7) is 1.16. The molecule has 0 aromatic heterocycles. The predicted octanol–water partition coefficient (Wildman–Crippen LogP) is 0.680. The molecule has 2 rings (SSSR count). The maximum atomic E-state index is 12.5. The molecule has 5 atom stereocenters. The van der Waals surface area contributed by atoms with E-state index in [9.17, 15) is 13.8 Å². The van der Waals surface area contributed by atoms with Crippen molar-refractivity contribution in [2.45, 2.75) is 32.9 Å². The molecule has 6 nitrogen and oxygen atoms in total. The molecule has 2 N–H and O–H groups in total. The van der Waals surface area contributed by atoms with Crippen molar-refractivity contribution in [3.63, 3.8) is 0 Å². The average Bonchev–Trinajstić information content (AvgIpc) is 2.62. The summed E-state index contributed by atoms with van der Waals surface area (Å²) in [7, 11) is -1.51. The van der Waals surface area contributed by atoms with Crippen molar-refractivity contribution in [3.8, 4) is 0 Å². The zero-order valence-corrected chi connectivity index (χ0v) is 15.4. The summed E-state index contributed by atoms with van der Waals surface area (Å²) in [5, 5.41) is -0.460. The number of carbonyl (C=O) groups excluding carboxylic acids is 2. The highest BCUT2D eigenvalue weighted by atomic mass is 79.9. The molecule has 21 heavy (non-hydrogen) atoms. The van der Waals surface area contributed by atoms with Crippen LogP contribution < -0.4 is 5.73 Å². The number of ether oxygens (including phenoxy) is 1. The molecule has 0 spiro atoms. The summed E-state index contributed by atoms with van der Waals surface area (Å²) >= 11 is 19.8. The molecule has 4 unspecified atom stereocenters. The highest BCUT2D eigenvalue weighted by Crippen LogP contribution is 2.44. The molecule has 0 bridgehead atoms. The van der Waals surface area contributed by atoms with Crippen LogP contribution in [-0.4, -0.2) is 58.9 Å². The van der Waals surface area contributed by atoms with Crippen molar-refractivity contribution in [1.29, 1.82) is 0 Å². The van der Waals surface area contributed by atoms with Gasteiger partial charge in [0.05, 0.1) is 15.5 Å².